The zero-order chi connectivity index (χ0) is 12.5. The number of hydrogen-bond acceptors (Lipinski definition) is 3. The molecule has 98 valence electrons. The number of pyridine rings is 1. The van der Waals surface area contributed by atoms with Crippen LogP contribution >= 0.6 is 0 Å². The highest BCUT2D eigenvalue weighted by atomic mass is 19.1. The molecule has 1 aromatic heterocycles. The van der Waals surface area contributed by atoms with Gasteiger partial charge in [0, 0.05) is 12.1 Å². The molecule has 2 aliphatic heterocycles. The van der Waals surface area contributed by atoms with Crippen LogP contribution < -0.4 is 5.32 Å². The van der Waals surface area contributed by atoms with Crippen LogP contribution in [0.3, 0.4) is 0 Å². The molecule has 0 aliphatic carbocycles. The number of nitrogens with one attached hydrogen (secondary N) is 1. The molecule has 2 aliphatic rings. The highest BCUT2D eigenvalue weighted by Gasteiger charge is 2.41. The van der Waals surface area contributed by atoms with Gasteiger partial charge >= 0.3 is 0 Å². The number of hydrogen-bond donors (Lipinski definition) is 1. The van der Waals surface area contributed by atoms with E-state index in [4.69, 9.17) is 4.74 Å². The fourth-order valence-corrected chi connectivity index (χ4v) is 3.08. The number of halogens is 1. The van der Waals surface area contributed by atoms with E-state index in [0.717, 1.165) is 25.0 Å². The van der Waals surface area contributed by atoms with Gasteiger partial charge in [-0.05, 0) is 37.8 Å². The molecule has 2 saturated heterocycles. The molecule has 0 aromatic carbocycles. The molecule has 0 spiro atoms. The molecule has 0 amide bonds. The SMILES string of the molecule is CCC(NC1CC2CCC1O2)c1ccc(F)cn1. The molecule has 3 rings (SSSR count). The third-order valence-electron chi connectivity index (χ3n) is 4.04. The Morgan fingerprint density at radius 1 is 1.50 bits per heavy atom. The van der Waals surface area contributed by atoms with Crippen LogP contribution in [0.5, 0.6) is 0 Å². The van der Waals surface area contributed by atoms with Crippen molar-refractivity contribution in [2.45, 2.75) is 56.9 Å². The average molecular weight is 250 g/mol. The van der Waals surface area contributed by atoms with Crippen LogP contribution in [0.4, 0.5) is 4.39 Å². The van der Waals surface area contributed by atoms with E-state index in [1.54, 1.807) is 6.07 Å². The maximum atomic E-state index is 12.9. The predicted octanol–water partition coefficient (Wildman–Crippen LogP) is 2.58. The summed E-state index contributed by atoms with van der Waals surface area (Å²) in [6.45, 7) is 2.12. The molecule has 2 fully saturated rings. The van der Waals surface area contributed by atoms with Crippen molar-refractivity contribution in [3.05, 3.63) is 29.8 Å². The number of ether oxygens (including phenoxy) is 1. The average Bonchev–Trinajstić information content (AvgIpc) is 2.99. The largest absolute Gasteiger partial charge is 0.373 e. The topological polar surface area (TPSA) is 34.1 Å². The molecule has 0 radical (unpaired) electrons. The van der Waals surface area contributed by atoms with E-state index in [0.29, 0.717) is 18.2 Å². The lowest BCUT2D eigenvalue weighted by Crippen LogP contribution is -2.40. The second-order valence-electron chi connectivity index (χ2n) is 5.24. The summed E-state index contributed by atoms with van der Waals surface area (Å²) in [5.74, 6) is -0.281. The van der Waals surface area contributed by atoms with E-state index in [1.165, 1.54) is 18.7 Å². The molecular formula is C14H19FN2O. The van der Waals surface area contributed by atoms with Crippen molar-refractivity contribution in [1.29, 1.82) is 0 Å². The standard InChI is InChI=1S/C14H19FN2O/c1-2-11(12-5-3-9(15)8-16-12)17-13-7-10-4-6-14(13)18-10/h3,5,8,10-11,13-14,17H,2,4,6-7H2,1H3. The highest BCUT2D eigenvalue weighted by molar-refractivity contribution is 5.11. The van der Waals surface area contributed by atoms with E-state index >= 15 is 0 Å². The zero-order valence-corrected chi connectivity index (χ0v) is 10.6. The molecule has 3 heterocycles. The molecule has 18 heavy (non-hydrogen) atoms. The van der Waals surface area contributed by atoms with Crippen molar-refractivity contribution in [2.75, 3.05) is 0 Å². The summed E-state index contributed by atoms with van der Waals surface area (Å²) in [5.41, 5.74) is 0.918. The monoisotopic (exact) mass is 250 g/mol. The zero-order valence-electron chi connectivity index (χ0n) is 10.6. The van der Waals surface area contributed by atoms with Crippen LogP contribution in [0, 0.1) is 5.82 Å². The summed E-state index contributed by atoms with van der Waals surface area (Å²) in [6, 6.07) is 3.87. The normalized spacial score (nSPS) is 31.8. The molecule has 1 N–H and O–H groups in total. The van der Waals surface area contributed by atoms with Gasteiger partial charge in [0.15, 0.2) is 0 Å². The van der Waals surface area contributed by atoms with Crippen molar-refractivity contribution in [3.63, 3.8) is 0 Å². The first-order chi connectivity index (χ1) is 8.76. The first-order valence-electron chi connectivity index (χ1n) is 6.79. The smallest absolute Gasteiger partial charge is 0.141 e. The van der Waals surface area contributed by atoms with Crippen LogP contribution in [-0.4, -0.2) is 23.2 Å². The third kappa shape index (κ3) is 2.27. The fraction of sp³-hybridized carbons (Fsp3) is 0.643. The van der Waals surface area contributed by atoms with Gasteiger partial charge in [-0.15, -0.1) is 0 Å². The van der Waals surface area contributed by atoms with Gasteiger partial charge in [-0.1, -0.05) is 6.92 Å². The van der Waals surface area contributed by atoms with Gasteiger partial charge in [0.25, 0.3) is 0 Å². The number of rotatable bonds is 4. The Kier molecular flexibility index (Phi) is 3.31. The second kappa shape index (κ2) is 4.94. The lowest BCUT2D eigenvalue weighted by molar-refractivity contribution is 0.0958. The van der Waals surface area contributed by atoms with E-state index < -0.39 is 0 Å². The Bertz CT molecular complexity index is 409. The molecule has 2 bridgehead atoms. The molecule has 4 unspecified atom stereocenters. The van der Waals surface area contributed by atoms with Crippen LogP contribution in [0.15, 0.2) is 18.3 Å². The summed E-state index contributed by atoms with van der Waals surface area (Å²) >= 11 is 0. The first-order valence-corrected chi connectivity index (χ1v) is 6.79. The Hall–Kier alpha value is -1.00. The number of fused-ring (bicyclic) bond motifs is 2. The number of aromatic nitrogens is 1. The van der Waals surface area contributed by atoms with Crippen molar-refractivity contribution in [2.24, 2.45) is 0 Å². The van der Waals surface area contributed by atoms with Crippen molar-refractivity contribution in [3.8, 4) is 0 Å². The van der Waals surface area contributed by atoms with E-state index in [-0.39, 0.29) is 11.9 Å². The summed E-state index contributed by atoms with van der Waals surface area (Å²) < 4.78 is 18.7. The lowest BCUT2D eigenvalue weighted by Gasteiger charge is -2.25. The summed E-state index contributed by atoms with van der Waals surface area (Å²) in [6.07, 6.45) is 6.52. The van der Waals surface area contributed by atoms with Crippen LogP contribution in [0.2, 0.25) is 0 Å². The van der Waals surface area contributed by atoms with Gasteiger partial charge in [-0.25, -0.2) is 4.39 Å². The van der Waals surface area contributed by atoms with Crippen LogP contribution in [0.25, 0.3) is 0 Å². The van der Waals surface area contributed by atoms with Gasteiger partial charge in [0.05, 0.1) is 24.1 Å². The third-order valence-corrected chi connectivity index (χ3v) is 4.04. The molecule has 3 nitrogen and oxygen atoms in total. The first kappa shape index (κ1) is 12.1. The molecular weight excluding hydrogens is 231 g/mol. The molecule has 4 atom stereocenters. The summed E-state index contributed by atoms with van der Waals surface area (Å²) in [5, 5.41) is 3.62. The molecule has 4 heteroatoms. The Labute approximate surface area is 107 Å². The summed E-state index contributed by atoms with van der Waals surface area (Å²) in [7, 11) is 0. The van der Waals surface area contributed by atoms with Crippen molar-refractivity contribution in [1.82, 2.24) is 10.3 Å². The minimum atomic E-state index is -0.281. The van der Waals surface area contributed by atoms with Crippen LogP contribution in [-0.2, 0) is 4.74 Å². The fourth-order valence-electron chi connectivity index (χ4n) is 3.08. The second-order valence-corrected chi connectivity index (χ2v) is 5.24. The van der Waals surface area contributed by atoms with Gasteiger partial charge in [-0.3, -0.25) is 4.98 Å². The van der Waals surface area contributed by atoms with Gasteiger partial charge in [0.1, 0.15) is 5.82 Å². The van der Waals surface area contributed by atoms with E-state index in [1.807, 2.05) is 0 Å². The Morgan fingerprint density at radius 3 is 2.94 bits per heavy atom. The van der Waals surface area contributed by atoms with Crippen molar-refractivity contribution < 1.29 is 9.13 Å². The summed E-state index contributed by atoms with van der Waals surface area (Å²) in [4.78, 5) is 4.18. The predicted molar refractivity (Wildman–Crippen MR) is 66.7 cm³/mol. The highest BCUT2D eigenvalue weighted by Crippen LogP contribution is 2.35. The maximum Gasteiger partial charge on any atom is 0.141 e. The Balaban J connectivity index is 1.67. The lowest BCUT2D eigenvalue weighted by atomic mass is 9.94. The Morgan fingerprint density at radius 2 is 2.39 bits per heavy atom. The van der Waals surface area contributed by atoms with E-state index in [9.17, 15) is 4.39 Å². The van der Waals surface area contributed by atoms with Gasteiger partial charge < -0.3 is 10.1 Å². The van der Waals surface area contributed by atoms with Gasteiger partial charge in [0.2, 0.25) is 0 Å². The van der Waals surface area contributed by atoms with Gasteiger partial charge in [-0.2, -0.15) is 0 Å². The molecule has 1 aromatic rings. The number of nitrogens with zero attached hydrogens (tertiary/aromatic N) is 1. The maximum absolute atomic E-state index is 12.9. The van der Waals surface area contributed by atoms with Crippen LogP contribution in [0.1, 0.15) is 44.3 Å². The minimum absolute atomic E-state index is 0.193. The molecule has 0 saturated carbocycles. The van der Waals surface area contributed by atoms with Crippen molar-refractivity contribution >= 4 is 0 Å². The quantitative estimate of drug-likeness (QED) is 0.891. The van der Waals surface area contributed by atoms with E-state index in [2.05, 4.69) is 17.2 Å². The minimum Gasteiger partial charge on any atom is -0.373 e.